The Bertz CT molecular complexity index is 603. The summed E-state index contributed by atoms with van der Waals surface area (Å²) in [5, 5.41) is 3.06. The standard InChI is InChI=1S/C19H28FN3O/c1-18(2,3)4-7-23-8-5-19(6-9-23)11-16(19)22-17(24)14-10-15(20)13-21-12-14/h10,12-13,16H,4-9,11H2,1-3H3,(H,22,24). The van der Waals surface area contributed by atoms with Crippen LogP contribution in [0, 0.1) is 16.6 Å². The van der Waals surface area contributed by atoms with Crippen molar-refractivity contribution >= 4 is 5.91 Å². The highest BCUT2D eigenvalue weighted by atomic mass is 19.1. The second-order valence-electron chi connectivity index (χ2n) is 8.64. The van der Waals surface area contributed by atoms with Gasteiger partial charge in [-0.25, -0.2) is 4.39 Å². The zero-order chi connectivity index (χ0) is 17.4. The number of amides is 1. The molecular weight excluding hydrogens is 305 g/mol. The average Bonchev–Trinajstić information content (AvgIpc) is 3.17. The van der Waals surface area contributed by atoms with Gasteiger partial charge in [-0.15, -0.1) is 0 Å². The zero-order valence-electron chi connectivity index (χ0n) is 14.9. The monoisotopic (exact) mass is 333 g/mol. The summed E-state index contributed by atoms with van der Waals surface area (Å²) in [4.78, 5) is 18.5. The molecule has 24 heavy (non-hydrogen) atoms. The maximum atomic E-state index is 13.2. The predicted molar refractivity (Wildman–Crippen MR) is 92.2 cm³/mol. The summed E-state index contributed by atoms with van der Waals surface area (Å²) in [6.07, 6.45) is 7.08. The Balaban J connectivity index is 1.47. The normalized spacial score (nSPS) is 23.2. The van der Waals surface area contributed by atoms with Gasteiger partial charge >= 0.3 is 0 Å². The molecule has 4 nitrogen and oxygen atoms in total. The summed E-state index contributed by atoms with van der Waals surface area (Å²) in [5.41, 5.74) is 0.957. The third-order valence-corrected chi connectivity index (χ3v) is 5.49. The highest BCUT2D eigenvalue weighted by Gasteiger charge is 2.55. The first-order valence-corrected chi connectivity index (χ1v) is 8.91. The van der Waals surface area contributed by atoms with Crippen LogP contribution in [0.1, 0.15) is 56.8 Å². The molecule has 1 N–H and O–H groups in total. The zero-order valence-corrected chi connectivity index (χ0v) is 14.9. The fraction of sp³-hybridized carbons (Fsp3) is 0.684. The van der Waals surface area contributed by atoms with Gasteiger partial charge in [0, 0.05) is 12.2 Å². The van der Waals surface area contributed by atoms with E-state index >= 15 is 0 Å². The first-order valence-electron chi connectivity index (χ1n) is 8.91. The fourth-order valence-corrected chi connectivity index (χ4v) is 3.60. The number of nitrogens with zero attached hydrogens (tertiary/aromatic N) is 2. The predicted octanol–water partition coefficient (Wildman–Crippen LogP) is 3.24. The summed E-state index contributed by atoms with van der Waals surface area (Å²) < 4.78 is 13.2. The summed E-state index contributed by atoms with van der Waals surface area (Å²) >= 11 is 0. The molecule has 1 saturated heterocycles. The third-order valence-electron chi connectivity index (χ3n) is 5.49. The summed E-state index contributed by atoms with van der Waals surface area (Å²) in [6.45, 7) is 10.2. The van der Waals surface area contributed by atoms with Crippen LogP contribution in [-0.4, -0.2) is 41.5 Å². The minimum absolute atomic E-state index is 0.209. The SMILES string of the molecule is CC(C)(C)CCN1CCC2(CC1)CC2NC(=O)c1cncc(F)c1. The molecule has 5 heteroatoms. The lowest BCUT2D eigenvalue weighted by molar-refractivity contribution is 0.0932. The number of rotatable bonds is 4. The van der Waals surface area contributed by atoms with E-state index in [1.54, 1.807) is 0 Å². The number of aromatic nitrogens is 1. The van der Waals surface area contributed by atoms with Crippen LogP contribution in [0.15, 0.2) is 18.5 Å². The van der Waals surface area contributed by atoms with Gasteiger partial charge < -0.3 is 10.2 Å². The molecule has 132 valence electrons. The second kappa shape index (κ2) is 6.43. The van der Waals surface area contributed by atoms with Crippen LogP contribution in [0.3, 0.4) is 0 Å². The lowest BCUT2D eigenvalue weighted by atomic mass is 9.89. The summed E-state index contributed by atoms with van der Waals surface area (Å²) in [6, 6.07) is 1.48. The molecule has 1 atom stereocenters. The lowest BCUT2D eigenvalue weighted by Gasteiger charge is -2.34. The molecule has 1 aliphatic heterocycles. The van der Waals surface area contributed by atoms with Crippen molar-refractivity contribution in [3.63, 3.8) is 0 Å². The van der Waals surface area contributed by atoms with E-state index in [2.05, 4.69) is 36.0 Å². The highest BCUT2D eigenvalue weighted by Crippen LogP contribution is 2.54. The average molecular weight is 333 g/mol. The number of nitrogens with one attached hydrogen (secondary N) is 1. The van der Waals surface area contributed by atoms with E-state index in [1.807, 2.05) is 0 Å². The molecule has 1 aromatic heterocycles. The van der Waals surface area contributed by atoms with Gasteiger partial charge in [-0.2, -0.15) is 0 Å². The van der Waals surface area contributed by atoms with Gasteiger partial charge in [0.1, 0.15) is 5.82 Å². The number of carbonyl (C=O) groups excluding carboxylic acids is 1. The number of hydrogen-bond acceptors (Lipinski definition) is 3. The summed E-state index contributed by atoms with van der Waals surface area (Å²) in [7, 11) is 0. The van der Waals surface area contributed by atoms with E-state index in [9.17, 15) is 9.18 Å². The van der Waals surface area contributed by atoms with Gasteiger partial charge in [-0.3, -0.25) is 9.78 Å². The number of pyridine rings is 1. The molecule has 1 spiro atoms. The van der Waals surface area contributed by atoms with Crippen LogP contribution in [0.4, 0.5) is 4.39 Å². The van der Waals surface area contributed by atoms with Crippen molar-refractivity contribution in [3.05, 3.63) is 29.8 Å². The lowest BCUT2D eigenvalue weighted by Crippen LogP contribution is -2.39. The van der Waals surface area contributed by atoms with Crippen molar-refractivity contribution in [2.45, 2.75) is 52.5 Å². The summed E-state index contributed by atoms with van der Waals surface area (Å²) in [5.74, 6) is -0.681. The maximum absolute atomic E-state index is 13.2. The quantitative estimate of drug-likeness (QED) is 0.920. The van der Waals surface area contributed by atoms with E-state index in [0.717, 1.165) is 45.1 Å². The molecule has 1 aliphatic carbocycles. The van der Waals surface area contributed by atoms with Crippen molar-refractivity contribution in [1.29, 1.82) is 0 Å². The molecule has 1 amide bonds. The van der Waals surface area contributed by atoms with Crippen LogP contribution in [-0.2, 0) is 0 Å². The third kappa shape index (κ3) is 4.12. The van der Waals surface area contributed by atoms with Crippen molar-refractivity contribution in [1.82, 2.24) is 15.2 Å². The smallest absolute Gasteiger partial charge is 0.253 e. The second-order valence-corrected chi connectivity index (χ2v) is 8.64. The first kappa shape index (κ1) is 17.3. The van der Waals surface area contributed by atoms with E-state index in [0.29, 0.717) is 11.0 Å². The van der Waals surface area contributed by atoms with Crippen LogP contribution in [0.25, 0.3) is 0 Å². The molecule has 2 aliphatic rings. The molecule has 0 radical (unpaired) electrons. The molecule has 2 fully saturated rings. The Kier molecular flexibility index (Phi) is 4.65. The van der Waals surface area contributed by atoms with Crippen LogP contribution in [0.2, 0.25) is 0 Å². The molecule has 1 saturated carbocycles. The Morgan fingerprint density at radius 3 is 2.71 bits per heavy atom. The van der Waals surface area contributed by atoms with E-state index in [-0.39, 0.29) is 17.4 Å². The Hall–Kier alpha value is -1.49. The molecule has 0 bridgehead atoms. The molecule has 1 unspecified atom stereocenters. The highest BCUT2D eigenvalue weighted by molar-refractivity contribution is 5.94. The van der Waals surface area contributed by atoms with Crippen molar-refractivity contribution < 1.29 is 9.18 Å². The topological polar surface area (TPSA) is 45.2 Å². The van der Waals surface area contributed by atoms with Crippen LogP contribution >= 0.6 is 0 Å². The minimum atomic E-state index is -0.472. The molecule has 2 heterocycles. The van der Waals surface area contributed by atoms with Crippen molar-refractivity contribution in [3.8, 4) is 0 Å². The van der Waals surface area contributed by atoms with Gasteiger partial charge in [0.25, 0.3) is 5.91 Å². The number of halogens is 1. The number of carbonyl (C=O) groups is 1. The van der Waals surface area contributed by atoms with Crippen LogP contribution < -0.4 is 5.32 Å². The molecule has 1 aromatic rings. The Morgan fingerprint density at radius 1 is 1.38 bits per heavy atom. The van der Waals surface area contributed by atoms with E-state index in [1.165, 1.54) is 18.7 Å². The van der Waals surface area contributed by atoms with Crippen molar-refractivity contribution in [2.24, 2.45) is 10.8 Å². The van der Waals surface area contributed by atoms with Gasteiger partial charge in [0.2, 0.25) is 0 Å². The van der Waals surface area contributed by atoms with Gasteiger partial charge in [-0.05, 0) is 62.2 Å². The van der Waals surface area contributed by atoms with Gasteiger partial charge in [-0.1, -0.05) is 20.8 Å². The van der Waals surface area contributed by atoms with Crippen molar-refractivity contribution in [2.75, 3.05) is 19.6 Å². The fourth-order valence-electron chi connectivity index (χ4n) is 3.60. The number of likely N-dealkylation sites (tertiary alicyclic amines) is 1. The number of piperidine rings is 1. The molecule has 0 aromatic carbocycles. The Labute approximate surface area is 143 Å². The van der Waals surface area contributed by atoms with Gasteiger partial charge in [0.15, 0.2) is 0 Å². The van der Waals surface area contributed by atoms with E-state index in [4.69, 9.17) is 0 Å². The van der Waals surface area contributed by atoms with E-state index < -0.39 is 5.82 Å². The van der Waals surface area contributed by atoms with Crippen LogP contribution in [0.5, 0.6) is 0 Å². The molecular formula is C19H28FN3O. The maximum Gasteiger partial charge on any atom is 0.253 e. The van der Waals surface area contributed by atoms with Gasteiger partial charge in [0.05, 0.1) is 11.8 Å². The molecule has 3 rings (SSSR count). The largest absolute Gasteiger partial charge is 0.349 e. The first-order chi connectivity index (χ1) is 11.3. The Morgan fingerprint density at radius 2 is 2.08 bits per heavy atom. The number of hydrogen-bond donors (Lipinski definition) is 1. The minimum Gasteiger partial charge on any atom is -0.349 e.